The fourth-order valence-electron chi connectivity index (χ4n) is 1.49. The molecule has 0 fully saturated rings. The van der Waals surface area contributed by atoms with E-state index in [-0.39, 0.29) is 0 Å². The molecule has 1 atom stereocenters. The third-order valence-corrected chi connectivity index (χ3v) is 4.11. The van der Waals surface area contributed by atoms with Gasteiger partial charge in [0.25, 0.3) is 0 Å². The summed E-state index contributed by atoms with van der Waals surface area (Å²) in [6, 6.07) is 8.82. The normalized spacial score (nSPS) is 12.6. The quantitative estimate of drug-likeness (QED) is 0.722. The lowest BCUT2D eigenvalue weighted by Gasteiger charge is -2.14. The average molecular weight is 318 g/mol. The molecule has 0 saturated heterocycles. The summed E-state index contributed by atoms with van der Waals surface area (Å²) in [6.07, 6.45) is 0.896. The van der Waals surface area contributed by atoms with Gasteiger partial charge < -0.3 is 10.4 Å². The van der Waals surface area contributed by atoms with E-state index in [0.717, 1.165) is 28.9 Å². The molecule has 0 aliphatic heterocycles. The summed E-state index contributed by atoms with van der Waals surface area (Å²) in [5, 5.41) is 12.1. The van der Waals surface area contributed by atoms with E-state index in [0.29, 0.717) is 12.6 Å². The van der Waals surface area contributed by atoms with Crippen molar-refractivity contribution in [2.45, 2.75) is 19.4 Å². The van der Waals surface area contributed by atoms with Gasteiger partial charge in [0, 0.05) is 29.4 Å². The molecular formula is C13H20BrNOS. The van der Waals surface area contributed by atoms with E-state index in [1.165, 1.54) is 5.56 Å². The summed E-state index contributed by atoms with van der Waals surface area (Å²) in [5.74, 6) is 2.14. The second kappa shape index (κ2) is 8.97. The molecule has 2 nitrogen and oxygen atoms in total. The van der Waals surface area contributed by atoms with Gasteiger partial charge in [-0.15, -0.1) is 0 Å². The second-order valence-electron chi connectivity index (χ2n) is 3.92. The summed E-state index contributed by atoms with van der Waals surface area (Å²) < 4.78 is 1.12. The van der Waals surface area contributed by atoms with Crippen LogP contribution in [0.4, 0.5) is 0 Å². The molecule has 0 heterocycles. The van der Waals surface area contributed by atoms with Crippen molar-refractivity contribution in [2.75, 3.05) is 24.7 Å². The zero-order chi connectivity index (χ0) is 12.5. The number of halogens is 1. The molecule has 1 rings (SSSR count). The Balaban J connectivity index is 2.16. The van der Waals surface area contributed by atoms with Crippen molar-refractivity contribution in [3.05, 3.63) is 34.3 Å². The van der Waals surface area contributed by atoms with Crippen LogP contribution in [0.3, 0.4) is 0 Å². The van der Waals surface area contributed by atoms with Crippen molar-refractivity contribution in [2.24, 2.45) is 0 Å². The van der Waals surface area contributed by atoms with Crippen molar-refractivity contribution in [1.82, 2.24) is 5.32 Å². The van der Waals surface area contributed by atoms with Gasteiger partial charge in [-0.25, -0.2) is 0 Å². The number of hydrogen-bond acceptors (Lipinski definition) is 3. The Morgan fingerprint density at radius 1 is 1.29 bits per heavy atom. The summed E-state index contributed by atoms with van der Waals surface area (Å²) in [5.41, 5.74) is 1.31. The smallest absolute Gasteiger partial charge is 0.0438 e. The lowest BCUT2D eigenvalue weighted by molar-refractivity contribution is 0.296. The van der Waals surface area contributed by atoms with Crippen LogP contribution in [0.15, 0.2) is 28.7 Å². The van der Waals surface area contributed by atoms with Gasteiger partial charge in [0.15, 0.2) is 0 Å². The van der Waals surface area contributed by atoms with Crippen molar-refractivity contribution in [3.63, 3.8) is 0 Å². The largest absolute Gasteiger partial charge is 0.396 e. The van der Waals surface area contributed by atoms with Gasteiger partial charge in [-0.3, -0.25) is 0 Å². The average Bonchev–Trinajstić information content (AvgIpc) is 2.34. The van der Waals surface area contributed by atoms with Gasteiger partial charge in [-0.2, -0.15) is 11.8 Å². The molecule has 0 bridgehead atoms. The first-order valence-corrected chi connectivity index (χ1v) is 7.86. The van der Waals surface area contributed by atoms with Crippen LogP contribution in [-0.2, 0) is 0 Å². The van der Waals surface area contributed by atoms with Crippen LogP contribution < -0.4 is 5.32 Å². The highest BCUT2D eigenvalue weighted by Gasteiger charge is 2.03. The van der Waals surface area contributed by atoms with Crippen LogP contribution in [0.25, 0.3) is 0 Å². The molecule has 2 N–H and O–H groups in total. The second-order valence-corrected chi connectivity index (χ2v) is 6.06. The molecule has 0 saturated carbocycles. The van der Waals surface area contributed by atoms with Crippen molar-refractivity contribution < 1.29 is 5.11 Å². The molecule has 1 unspecified atom stereocenters. The monoisotopic (exact) mass is 317 g/mol. The lowest BCUT2D eigenvalue weighted by Crippen LogP contribution is -2.21. The summed E-state index contributed by atoms with van der Waals surface area (Å²) in [7, 11) is 0. The Bertz CT molecular complexity index is 305. The van der Waals surface area contributed by atoms with Crippen LogP contribution in [0.1, 0.15) is 24.9 Å². The molecule has 1 aromatic carbocycles. The zero-order valence-corrected chi connectivity index (χ0v) is 12.6. The number of thioether (sulfide) groups is 1. The number of nitrogens with one attached hydrogen (secondary N) is 1. The van der Waals surface area contributed by atoms with Gasteiger partial charge in [0.2, 0.25) is 0 Å². The molecular weight excluding hydrogens is 298 g/mol. The maximum absolute atomic E-state index is 8.65. The number of benzene rings is 1. The van der Waals surface area contributed by atoms with E-state index < -0.39 is 0 Å². The predicted molar refractivity (Wildman–Crippen MR) is 79.6 cm³/mol. The Hall–Kier alpha value is -0.0300. The van der Waals surface area contributed by atoms with Crippen LogP contribution in [0, 0.1) is 0 Å². The molecule has 0 spiro atoms. The highest BCUT2D eigenvalue weighted by atomic mass is 79.9. The van der Waals surface area contributed by atoms with Crippen molar-refractivity contribution >= 4 is 27.7 Å². The van der Waals surface area contributed by atoms with Crippen LogP contribution in [-0.4, -0.2) is 29.8 Å². The molecule has 0 radical (unpaired) electrons. The van der Waals surface area contributed by atoms with Gasteiger partial charge >= 0.3 is 0 Å². The van der Waals surface area contributed by atoms with E-state index in [9.17, 15) is 0 Å². The van der Waals surface area contributed by atoms with Gasteiger partial charge in [-0.1, -0.05) is 28.1 Å². The summed E-state index contributed by atoms with van der Waals surface area (Å²) >= 11 is 5.33. The third-order valence-electron chi connectivity index (χ3n) is 2.51. The molecule has 4 heteroatoms. The van der Waals surface area contributed by atoms with Gasteiger partial charge in [0.1, 0.15) is 0 Å². The minimum atomic E-state index is 0.301. The highest BCUT2D eigenvalue weighted by molar-refractivity contribution is 9.10. The van der Waals surface area contributed by atoms with Crippen molar-refractivity contribution in [1.29, 1.82) is 0 Å². The minimum absolute atomic E-state index is 0.301. The number of aliphatic hydroxyl groups excluding tert-OH is 1. The number of rotatable bonds is 8. The topological polar surface area (TPSA) is 32.3 Å². The van der Waals surface area contributed by atoms with Gasteiger partial charge in [0.05, 0.1) is 0 Å². The summed E-state index contributed by atoms with van der Waals surface area (Å²) in [6.45, 7) is 3.49. The van der Waals surface area contributed by atoms with E-state index in [1.54, 1.807) is 0 Å². The van der Waals surface area contributed by atoms with E-state index >= 15 is 0 Å². The number of hydrogen-bond donors (Lipinski definition) is 2. The zero-order valence-electron chi connectivity index (χ0n) is 10.2. The molecule has 96 valence electrons. The minimum Gasteiger partial charge on any atom is -0.396 e. The Morgan fingerprint density at radius 3 is 2.65 bits per heavy atom. The lowest BCUT2D eigenvalue weighted by atomic mass is 10.1. The fourth-order valence-corrected chi connectivity index (χ4v) is 2.55. The van der Waals surface area contributed by atoms with Crippen molar-refractivity contribution in [3.8, 4) is 0 Å². The Labute approximate surface area is 116 Å². The first-order chi connectivity index (χ1) is 8.24. The summed E-state index contributed by atoms with van der Waals surface area (Å²) in [4.78, 5) is 0. The standard InChI is InChI=1S/C13H20BrNOS/c1-11(12-3-5-13(14)6-4-12)15-7-10-17-9-2-8-16/h3-6,11,15-16H,2,7-10H2,1H3. The predicted octanol–water partition coefficient (Wildman–Crippen LogP) is 3.22. The van der Waals surface area contributed by atoms with Crippen LogP contribution in [0.5, 0.6) is 0 Å². The maximum Gasteiger partial charge on any atom is 0.0438 e. The highest BCUT2D eigenvalue weighted by Crippen LogP contribution is 2.16. The number of aliphatic hydroxyl groups is 1. The molecule has 0 aliphatic carbocycles. The van der Waals surface area contributed by atoms with E-state index in [4.69, 9.17) is 5.11 Å². The van der Waals surface area contributed by atoms with E-state index in [2.05, 4.69) is 52.4 Å². The SMILES string of the molecule is CC(NCCSCCCO)c1ccc(Br)cc1. The molecule has 0 aliphatic rings. The van der Waals surface area contributed by atoms with E-state index in [1.807, 2.05) is 11.8 Å². The third kappa shape index (κ3) is 6.46. The first-order valence-electron chi connectivity index (χ1n) is 5.91. The fraction of sp³-hybridized carbons (Fsp3) is 0.538. The van der Waals surface area contributed by atoms with Gasteiger partial charge in [-0.05, 0) is 36.8 Å². The maximum atomic E-state index is 8.65. The molecule has 17 heavy (non-hydrogen) atoms. The molecule has 0 aromatic heterocycles. The molecule has 0 amide bonds. The van der Waals surface area contributed by atoms with Crippen LogP contribution in [0.2, 0.25) is 0 Å². The Kier molecular flexibility index (Phi) is 7.93. The Morgan fingerprint density at radius 2 is 2.00 bits per heavy atom. The molecule has 1 aromatic rings. The first kappa shape index (κ1) is 15.0. The van der Waals surface area contributed by atoms with Crippen LogP contribution >= 0.6 is 27.7 Å².